The quantitative estimate of drug-likeness (QED) is 0.828. The number of carbonyl (C=O) groups is 2. The fourth-order valence-electron chi connectivity index (χ4n) is 1.54. The Morgan fingerprint density at radius 3 is 2.48 bits per heavy atom. The first-order chi connectivity index (χ1) is 9.88. The number of hydrogen-bond acceptors (Lipinski definition) is 3. The van der Waals surface area contributed by atoms with Crippen molar-refractivity contribution in [2.24, 2.45) is 0 Å². The van der Waals surface area contributed by atoms with Crippen LogP contribution >= 0.6 is 39.1 Å². The molecule has 0 fully saturated rings. The molecule has 21 heavy (non-hydrogen) atoms. The molecule has 0 radical (unpaired) electrons. The van der Waals surface area contributed by atoms with Crippen LogP contribution in [0.15, 0.2) is 35.1 Å². The maximum atomic E-state index is 12.1. The molecular weight excluding hydrogens is 383 g/mol. The van der Waals surface area contributed by atoms with Crippen molar-refractivity contribution in [3.63, 3.8) is 0 Å². The number of aromatic carboxylic acids is 1. The number of hydrogen-bond donors (Lipinski definition) is 2. The number of amides is 1. The number of nitrogens with one attached hydrogen (secondary N) is 1. The van der Waals surface area contributed by atoms with Crippen LogP contribution in [0, 0.1) is 0 Å². The van der Waals surface area contributed by atoms with Crippen molar-refractivity contribution in [3.8, 4) is 0 Å². The second-order valence-electron chi connectivity index (χ2n) is 3.96. The van der Waals surface area contributed by atoms with E-state index in [1.165, 1.54) is 24.5 Å². The maximum absolute atomic E-state index is 12.1. The summed E-state index contributed by atoms with van der Waals surface area (Å²) >= 11 is 14.9. The third-order valence-corrected chi connectivity index (χ3v) is 3.56. The fraction of sp³-hybridized carbons (Fsp3) is 0. The Labute approximate surface area is 138 Å². The van der Waals surface area contributed by atoms with Crippen LogP contribution in [0.2, 0.25) is 10.0 Å². The van der Waals surface area contributed by atoms with Gasteiger partial charge >= 0.3 is 5.97 Å². The van der Waals surface area contributed by atoms with Gasteiger partial charge in [0, 0.05) is 16.9 Å². The van der Waals surface area contributed by atoms with E-state index in [2.05, 4.69) is 26.2 Å². The van der Waals surface area contributed by atoms with Crippen molar-refractivity contribution in [1.82, 2.24) is 4.98 Å². The molecule has 1 heterocycles. The topological polar surface area (TPSA) is 79.3 Å². The standard InChI is InChI=1S/C13H7BrCl2N2O3/c14-7-1-6(4-17-5-7)12(19)18-11-2-8(13(20)21)9(15)3-10(11)16/h1-5H,(H,18,19)(H,20,21). The van der Waals surface area contributed by atoms with Crippen molar-refractivity contribution in [1.29, 1.82) is 0 Å². The lowest BCUT2D eigenvalue weighted by Gasteiger charge is -2.09. The van der Waals surface area contributed by atoms with Gasteiger partial charge in [-0.3, -0.25) is 9.78 Å². The maximum Gasteiger partial charge on any atom is 0.337 e. The van der Waals surface area contributed by atoms with Gasteiger partial charge in [-0.15, -0.1) is 0 Å². The zero-order chi connectivity index (χ0) is 15.6. The van der Waals surface area contributed by atoms with Gasteiger partial charge in [-0.25, -0.2) is 4.79 Å². The zero-order valence-electron chi connectivity index (χ0n) is 10.2. The van der Waals surface area contributed by atoms with E-state index in [0.717, 1.165) is 0 Å². The number of carbonyl (C=O) groups excluding carboxylic acids is 1. The Morgan fingerprint density at radius 1 is 1.14 bits per heavy atom. The molecule has 108 valence electrons. The van der Waals surface area contributed by atoms with Crippen LogP contribution in [0.3, 0.4) is 0 Å². The molecule has 0 aliphatic rings. The summed E-state index contributed by atoms with van der Waals surface area (Å²) in [5.41, 5.74) is 0.305. The van der Waals surface area contributed by atoms with E-state index in [4.69, 9.17) is 28.3 Å². The van der Waals surface area contributed by atoms with Crippen LogP contribution in [-0.4, -0.2) is 22.0 Å². The van der Waals surface area contributed by atoms with Crippen LogP contribution in [0.4, 0.5) is 5.69 Å². The van der Waals surface area contributed by atoms with Crippen LogP contribution in [0.25, 0.3) is 0 Å². The molecular formula is C13H7BrCl2N2O3. The van der Waals surface area contributed by atoms with Gasteiger partial charge < -0.3 is 10.4 Å². The Bertz CT molecular complexity index is 737. The van der Waals surface area contributed by atoms with E-state index in [9.17, 15) is 9.59 Å². The number of pyridine rings is 1. The number of halogens is 3. The molecule has 1 amide bonds. The number of anilines is 1. The fourth-order valence-corrected chi connectivity index (χ4v) is 2.42. The second-order valence-corrected chi connectivity index (χ2v) is 5.69. The Morgan fingerprint density at radius 2 is 1.86 bits per heavy atom. The summed E-state index contributed by atoms with van der Waals surface area (Å²) in [4.78, 5) is 27.0. The van der Waals surface area contributed by atoms with E-state index in [0.29, 0.717) is 10.0 Å². The molecule has 0 bridgehead atoms. The summed E-state index contributed by atoms with van der Waals surface area (Å²) in [6, 6.07) is 4.04. The largest absolute Gasteiger partial charge is 0.478 e. The molecule has 5 nitrogen and oxygen atoms in total. The molecule has 0 aliphatic carbocycles. The average molecular weight is 390 g/mol. The van der Waals surface area contributed by atoms with Gasteiger partial charge in [-0.1, -0.05) is 23.2 Å². The lowest BCUT2D eigenvalue weighted by atomic mass is 10.2. The number of nitrogens with zero attached hydrogens (tertiary/aromatic N) is 1. The third kappa shape index (κ3) is 3.72. The minimum Gasteiger partial charge on any atom is -0.478 e. The van der Waals surface area contributed by atoms with E-state index in [1.54, 1.807) is 6.07 Å². The van der Waals surface area contributed by atoms with E-state index < -0.39 is 11.9 Å². The molecule has 8 heteroatoms. The lowest BCUT2D eigenvalue weighted by Crippen LogP contribution is -2.13. The molecule has 0 saturated carbocycles. The van der Waals surface area contributed by atoms with E-state index in [-0.39, 0.29) is 21.3 Å². The van der Waals surface area contributed by atoms with Gasteiger partial charge in [0.2, 0.25) is 0 Å². The van der Waals surface area contributed by atoms with Gasteiger partial charge in [0.1, 0.15) is 0 Å². The first kappa shape index (κ1) is 15.8. The van der Waals surface area contributed by atoms with E-state index >= 15 is 0 Å². The van der Waals surface area contributed by atoms with Crippen molar-refractivity contribution >= 4 is 56.7 Å². The Kier molecular flexibility index (Phi) is 4.82. The predicted molar refractivity (Wildman–Crippen MR) is 83.3 cm³/mol. The van der Waals surface area contributed by atoms with E-state index in [1.807, 2.05) is 0 Å². The minimum absolute atomic E-state index is 0.00498. The smallest absolute Gasteiger partial charge is 0.337 e. The first-order valence-corrected chi connectivity index (χ1v) is 7.07. The molecule has 2 rings (SSSR count). The molecule has 0 aliphatic heterocycles. The number of carboxylic acid groups (broad SMARTS) is 1. The highest BCUT2D eigenvalue weighted by Gasteiger charge is 2.15. The average Bonchev–Trinajstić information content (AvgIpc) is 2.41. The van der Waals surface area contributed by atoms with Gasteiger partial charge in [0.25, 0.3) is 5.91 Å². The SMILES string of the molecule is O=C(Nc1cc(C(=O)O)c(Cl)cc1Cl)c1cncc(Br)c1. The number of rotatable bonds is 3. The first-order valence-electron chi connectivity index (χ1n) is 5.52. The van der Waals surface area contributed by atoms with Crippen LogP contribution in [0.5, 0.6) is 0 Å². The van der Waals surface area contributed by atoms with Gasteiger partial charge in [0.05, 0.1) is 26.9 Å². The van der Waals surface area contributed by atoms with Crippen LogP contribution < -0.4 is 5.32 Å². The highest BCUT2D eigenvalue weighted by Crippen LogP contribution is 2.29. The van der Waals surface area contributed by atoms with Crippen molar-refractivity contribution in [2.45, 2.75) is 0 Å². The summed E-state index contributed by atoms with van der Waals surface area (Å²) in [6.45, 7) is 0. The monoisotopic (exact) mass is 388 g/mol. The summed E-state index contributed by atoms with van der Waals surface area (Å²) in [6.07, 6.45) is 2.91. The molecule has 0 spiro atoms. The summed E-state index contributed by atoms with van der Waals surface area (Å²) < 4.78 is 0.642. The number of benzene rings is 1. The lowest BCUT2D eigenvalue weighted by molar-refractivity contribution is 0.0696. The van der Waals surface area contributed by atoms with Crippen molar-refractivity contribution < 1.29 is 14.7 Å². The van der Waals surface area contributed by atoms with Gasteiger partial charge in [-0.05, 0) is 34.1 Å². The predicted octanol–water partition coefficient (Wildman–Crippen LogP) is 4.10. The summed E-state index contributed by atoms with van der Waals surface area (Å²) in [5, 5.41) is 11.7. The molecule has 0 atom stereocenters. The third-order valence-electron chi connectivity index (χ3n) is 2.50. The highest BCUT2D eigenvalue weighted by atomic mass is 79.9. The molecule has 1 aromatic carbocycles. The van der Waals surface area contributed by atoms with Crippen LogP contribution in [0.1, 0.15) is 20.7 Å². The van der Waals surface area contributed by atoms with Gasteiger partial charge in [0.15, 0.2) is 0 Å². The molecule has 0 saturated heterocycles. The highest BCUT2D eigenvalue weighted by molar-refractivity contribution is 9.10. The van der Waals surface area contributed by atoms with Crippen molar-refractivity contribution in [3.05, 3.63) is 56.2 Å². The Balaban J connectivity index is 2.33. The number of aromatic nitrogens is 1. The molecule has 1 aromatic heterocycles. The molecule has 0 unspecified atom stereocenters. The summed E-state index contributed by atoms with van der Waals surface area (Å²) in [5.74, 6) is -1.68. The van der Waals surface area contributed by atoms with Crippen molar-refractivity contribution in [2.75, 3.05) is 5.32 Å². The van der Waals surface area contributed by atoms with Gasteiger partial charge in [-0.2, -0.15) is 0 Å². The Hall–Kier alpha value is -1.63. The normalized spacial score (nSPS) is 10.2. The van der Waals surface area contributed by atoms with Crippen LogP contribution in [-0.2, 0) is 0 Å². The molecule has 2 aromatic rings. The minimum atomic E-state index is -1.21. The second kappa shape index (κ2) is 6.43. The summed E-state index contributed by atoms with van der Waals surface area (Å²) in [7, 11) is 0. The number of carboxylic acids is 1. The zero-order valence-corrected chi connectivity index (χ0v) is 13.3. The molecule has 2 N–H and O–H groups in total.